The molecule has 0 spiro atoms. The van der Waals surface area contributed by atoms with Gasteiger partial charge >= 0.3 is 0 Å². The van der Waals surface area contributed by atoms with E-state index >= 15 is 0 Å². The van der Waals surface area contributed by atoms with E-state index < -0.39 is 0 Å². The summed E-state index contributed by atoms with van der Waals surface area (Å²) in [5, 5.41) is 0. The van der Waals surface area contributed by atoms with E-state index in [1.54, 1.807) is 18.2 Å². The topological polar surface area (TPSA) is 26.3 Å². The van der Waals surface area contributed by atoms with Gasteiger partial charge in [-0.15, -0.1) is 0 Å². The van der Waals surface area contributed by atoms with Crippen molar-refractivity contribution < 1.29 is 9.53 Å². The predicted molar refractivity (Wildman–Crippen MR) is 56.3 cm³/mol. The molecule has 1 radical (unpaired) electrons. The van der Waals surface area contributed by atoms with Crippen LogP contribution in [0.3, 0.4) is 0 Å². The second-order valence-corrected chi connectivity index (χ2v) is 3.15. The molecule has 0 saturated carbocycles. The molecule has 1 rings (SSSR count). The molecular formula is C12H15O2. The molecule has 0 saturated heterocycles. The third kappa shape index (κ3) is 3.21. The van der Waals surface area contributed by atoms with Crippen molar-refractivity contribution in [1.29, 1.82) is 0 Å². The first-order valence-corrected chi connectivity index (χ1v) is 4.98. The zero-order valence-corrected chi connectivity index (χ0v) is 8.45. The second kappa shape index (κ2) is 6.19. The summed E-state index contributed by atoms with van der Waals surface area (Å²) in [6.07, 6.45) is 5.22. The maximum atomic E-state index is 10.5. The molecule has 2 nitrogen and oxygen atoms in total. The summed E-state index contributed by atoms with van der Waals surface area (Å²) in [6.45, 7) is 2.82. The highest BCUT2D eigenvalue weighted by Crippen LogP contribution is 2.15. The summed E-state index contributed by atoms with van der Waals surface area (Å²) >= 11 is 0. The van der Waals surface area contributed by atoms with Crippen LogP contribution in [0, 0.1) is 0 Å². The first kappa shape index (κ1) is 10.8. The Labute approximate surface area is 84.9 Å². The van der Waals surface area contributed by atoms with E-state index in [0.717, 1.165) is 12.8 Å². The van der Waals surface area contributed by atoms with E-state index in [9.17, 15) is 4.79 Å². The van der Waals surface area contributed by atoms with Crippen LogP contribution in [-0.2, 0) is 4.79 Å². The second-order valence-electron chi connectivity index (χ2n) is 3.15. The van der Waals surface area contributed by atoms with E-state index in [0.29, 0.717) is 17.9 Å². The highest BCUT2D eigenvalue weighted by Gasteiger charge is 2.00. The summed E-state index contributed by atoms with van der Waals surface area (Å²) in [7, 11) is 0. The Morgan fingerprint density at radius 2 is 2.07 bits per heavy atom. The van der Waals surface area contributed by atoms with E-state index in [2.05, 4.69) is 6.92 Å². The molecule has 0 aromatic heterocycles. The summed E-state index contributed by atoms with van der Waals surface area (Å²) in [5.74, 6) is 0.638. The summed E-state index contributed by atoms with van der Waals surface area (Å²) in [5.41, 5.74) is 0.504. The van der Waals surface area contributed by atoms with E-state index in [1.807, 2.05) is 12.4 Å². The maximum absolute atomic E-state index is 10.5. The molecule has 2 heteroatoms. The molecule has 0 N–H and O–H groups in total. The van der Waals surface area contributed by atoms with Gasteiger partial charge in [-0.1, -0.05) is 31.9 Å². The van der Waals surface area contributed by atoms with Gasteiger partial charge in [0.15, 0.2) is 0 Å². The number of unbranched alkanes of at least 4 members (excludes halogenated alkanes) is 2. The lowest BCUT2D eigenvalue weighted by atomic mass is 10.2. The highest BCUT2D eigenvalue weighted by molar-refractivity contribution is 5.79. The van der Waals surface area contributed by atoms with E-state index in [-0.39, 0.29) is 0 Å². The molecule has 0 atom stereocenters. The number of para-hydroxylation sites is 1. The van der Waals surface area contributed by atoms with Gasteiger partial charge in [-0.05, 0) is 18.6 Å². The standard InChI is InChI=1S/C12H15O2/c1-2-3-6-9-14-12-8-5-4-7-11(12)10-13/h4-5,7-8H,2-3,6,9H2,1H3. The summed E-state index contributed by atoms with van der Waals surface area (Å²) < 4.78 is 5.47. The lowest BCUT2D eigenvalue weighted by Gasteiger charge is -2.06. The van der Waals surface area contributed by atoms with Crippen molar-refractivity contribution in [3.63, 3.8) is 0 Å². The Morgan fingerprint density at radius 3 is 2.79 bits per heavy atom. The van der Waals surface area contributed by atoms with Gasteiger partial charge in [-0.25, -0.2) is 0 Å². The van der Waals surface area contributed by atoms with Crippen LogP contribution >= 0.6 is 0 Å². The zero-order valence-electron chi connectivity index (χ0n) is 8.45. The van der Waals surface area contributed by atoms with Gasteiger partial charge in [-0.2, -0.15) is 0 Å². The van der Waals surface area contributed by atoms with Crippen LogP contribution in [0.2, 0.25) is 0 Å². The van der Waals surface area contributed by atoms with Crippen molar-refractivity contribution in [2.75, 3.05) is 6.61 Å². The van der Waals surface area contributed by atoms with Crippen molar-refractivity contribution in [2.45, 2.75) is 26.2 Å². The number of carbonyl (C=O) groups excluding carboxylic acids is 1. The molecule has 0 fully saturated rings. The average Bonchev–Trinajstić information content (AvgIpc) is 2.25. The molecule has 0 bridgehead atoms. The van der Waals surface area contributed by atoms with Gasteiger partial charge in [-0.3, -0.25) is 4.79 Å². The average molecular weight is 191 g/mol. The zero-order chi connectivity index (χ0) is 10.2. The quantitative estimate of drug-likeness (QED) is 0.646. The fraction of sp³-hybridized carbons (Fsp3) is 0.417. The first-order valence-electron chi connectivity index (χ1n) is 4.98. The molecule has 1 aromatic rings. The van der Waals surface area contributed by atoms with Crippen LogP contribution in [0.15, 0.2) is 24.3 Å². The third-order valence-electron chi connectivity index (χ3n) is 2.00. The van der Waals surface area contributed by atoms with Gasteiger partial charge in [0.2, 0.25) is 6.29 Å². The van der Waals surface area contributed by atoms with Crippen LogP contribution in [0.1, 0.15) is 31.7 Å². The third-order valence-corrected chi connectivity index (χ3v) is 2.00. The molecular weight excluding hydrogens is 176 g/mol. The van der Waals surface area contributed by atoms with Crippen molar-refractivity contribution >= 4 is 6.29 Å². The Hall–Kier alpha value is -1.31. The number of ether oxygens (including phenoxy) is 1. The molecule has 0 aliphatic carbocycles. The molecule has 14 heavy (non-hydrogen) atoms. The van der Waals surface area contributed by atoms with Gasteiger partial charge in [0.1, 0.15) is 5.75 Å². The minimum Gasteiger partial charge on any atom is -0.493 e. The maximum Gasteiger partial charge on any atom is 0.237 e. The van der Waals surface area contributed by atoms with Gasteiger partial charge < -0.3 is 4.74 Å². The smallest absolute Gasteiger partial charge is 0.237 e. The van der Waals surface area contributed by atoms with Gasteiger partial charge in [0, 0.05) is 0 Å². The predicted octanol–water partition coefficient (Wildman–Crippen LogP) is 2.71. The fourth-order valence-corrected chi connectivity index (χ4v) is 1.21. The van der Waals surface area contributed by atoms with Crippen LogP contribution in [0.25, 0.3) is 0 Å². The molecule has 1 aromatic carbocycles. The largest absolute Gasteiger partial charge is 0.493 e. The summed E-state index contributed by atoms with van der Waals surface area (Å²) in [6, 6.07) is 7.17. The van der Waals surface area contributed by atoms with Crippen LogP contribution in [0.5, 0.6) is 5.75 Å². The van der Waals surface area contributed by atoms with Crippen LogP contribution < -0.4 is 4.74 Å². The molecule has 0 amide bonds. The minimum atomic E-state index is 0.504. The molecule has 0 aliphatic heterocycles. The molecule has 75 valence electrons. The normalized spacial score (nSPS) is 9.79. The Morgan fingerprint density at radius 1 is 1.29 bits per heavy atom. The first-order chi connectivity index (χ1) is 6.88. The number of benzene rings is 1. The number of rotatable bonds is 6. The van der Waals surface area contributed by atoms with Gasteiger partial charge in [0.05, 0.1) is 12.2 Å². The fourth-order valence-electron chi connectivity index (χ4n) is 1.21. The summed E-state index contributed by atoms with van der Waals surface area (Å²) in [4.78, 5) is 10.5. The van der Waals surface area contributed by atoms with Gasteiger partial charge in [0.25, 0.3) is 0 Å². The molecule has 0 aliphatic rings. The lowest BCUT2D eigenvalue weighted by Crippen LogP contribution is -1.99. The molecule has 0 heterocycles. The number of hydrogen-bond donors (Lipinski definition) is 0. The number of hydrogen-bond acceptors (Lipinski definition) is 2. The van der Waals surface area contributed by atoms with E-state index in [1.165, 1.54) is 6.42 Å². The lowest BCUT2D eigenvalue weighted by molar-refractivity contribution is 0.305. The minimum absolute atomic E-state index is 0.504. The van der Waals surface area contributed by atoms with Crippen molar-refractivity contribution in [1.82, 2.24) is 0 Å². The van der Waals surface area contributed by atoms with Crippen LogP contribution in [-0.4, -0.2) is 12.9 Å². The van der Waals surface area contributed by atoms with Crippen molar-refractivity contribution in [2.24, 2.45) is 0 Å². The molecule has 0 unspecified atom stereocenters. The van der Waals surface area contributed by atoms with Crippen LogP contribution in [0.4, 0.5) is 0 Å². The van der Waals surface area contributed by atoms with Crippen molar-refractivity contribution in [3.05, 3.63) is 29.8 Å². The van der Waals surface area contributed by atoms with Crippen molar-refractivity contribution in [3.8, 4) is 5.75 Å². The Kier molecular flexibility index (Phi) is 4.76. The monoisotopic (exact) mass is 191 g/mol. The Balaban J connectivity index is 2.45. The van der Waals surface area contributed by atoms with E-state index in [4.69, 9.17) is 4.74 Å². The Bertz CT molecular complexity index is 281. The highest BCUT2D eigenvalue weighted by atomic mass is 16.5. The SMILES string of the molecule is CCCCCOc1ccccc1[C]=O.